The van der Waals surface area contributed by atoms with Gasteiger partial charge in [0.1, 0.15) is 6.54 Å². The molecule has 2 N–H and O–H groups in total. The van der Waals surface area contributed by atoms with Gasteiger partial charge in [0.25, 0.3) is 0 Å². The Bertz CT molecular complexity index is 1080. The van der Waals surface area contributed by atoms with E-state index in [4.69, 9.17) is 0 Å². The molecule has 7 nitrogen and oxygen atoms in total. The number of aromatic amines is 1. The highest BCUT2D eigenvalue weighted by molar-refractivity contribution is 6.22. The Morgan fingerprint density at radius 2 is 2.00 bits per heavy atom. The van der Waals surface area contributed by atoms with Crippen LogP contribution in [0.1, 0.15) is 27.0 Å². The first-order valence-corrected chi connectivity index (χ1v) is 8.09. The minimum Gasteiger partial charge on any atom is -0.453 e. The maximum absolute atomic E-state index is 12.1. The molecule has 1 amide bonds. The maximum atomic E-state index is 12.1. The first-order chi connectivity index (χ1) is 12.6. The number of aromatic nitrogens is 2. The highest BCUT2D eigenvalue weighted by atomic mass is 16.5. The van der Waals surface area contributed by atoms with Crippen LogP contribution < -0.4 is 5.32 Å². The number of hydrogen-bond donors (Lipinski definition) is 2. The molecule has 130 valence electrons. The number of H-pyrrole nitrogens is 1. The zero-order valence-electron chi connectivity index (χ0n) is 14.3. The molecule has 0 aliphatic carbocycles. The number of Topliss-reactive ketones (excluding diaryl/α,β-unsaturated/α-hetero) is 1. The fourth-order valence-electron chi connectivity index (χ4n) is 3.13. The summed E-state index contributed by atoms with van der Waals surface area (Å²) in [6, 6.07) is 11.4. The van der Waals surface area contributed by atoms with Crippen molar-refractivity contribution >= 4 is 34.6 Å². The third kappa shape index (κ3) is 2.63. The fourth-order valence-corrected chi connectivity index (χ4v) is 3.13. The van der Waals surface area contributed by atoms with Crippen LogP contribution in [0.25, 0.3) is 11.0 Å². The molecule has 0 unspecified atom stereocenters. The summed E-state index contributed by atoms with van der Waals surface area (Å²) in [6.07, 6.45) is -0.592. The molecule has 2 aromatic carbocycles. The van der Waals surface area contributed by atoms with E-state index in [0.717, 1.165) is 33.4 Å². The van der Waals surface area contributed by atoms with Crippen molar-refractivity contribution in [1.29, 1.82) is 0 Å². The van der Waals surface area contributed by atoms with Crippen molar-refractivity contribution in [3.8, 4) is 0 Å². The normalized spacial score (nSPS) is 13.3. The summed E-state index contributed by atoms with van der Waals surface area (Å²) in [5, 5.41) is 2.53. The third-order valence-electron chi connectivity index (χ3n) is 4.32. The average molecular weight is 348 g/mol. The number of carbonyl (C=O) groups excluding carboxylic acids is 2. The van der Waals surface area contributed by atoms with Crippen LogP contribution in [0.5, 0.6) is 0 Å². The molecule has 0 spiro atoms. The summed E-state index contributed by atoms with van der Waals surface area (Å²) in [4.78, 5) is 35.4. The minimum absolute atomic E-state index is 0.0215. The van der Waals surface area contributed by atoms with E-state index in [1.165, 1.54) is 7.11 Å². The third-order valence-corrected chi connectivity index (χ3v) is 4.32. The quantitative estimate of drug-likeness (QED) is 0.744. The van der Waals surface area contributed by atoms with Gasteiger partial charge in [0.15, 0.2) is 5.78 Å². The number of imidazole rings is 1. The Balaban J connectivity index is 1.81. The predicted octanol–water partition coefficient (Wildman–Crippen LogP) is 3.08. The molecule has 0 saturated carbocycles. The van der Waals surface area contributed by atoms with Crippen molar-refractivity contribution in [2.75, 3.05) is 19.0 Å². The van der Waals surface area contributed by atoms with E-state index in [9.17, 15) is 9.59 Å². The second-order valence-corrected chi connectivity index (χ2v) is 6.02. The number of carbonyl (C=O) groups is 2. The van der Waals surface area contributed by atoms with E-state index in [1.807, 2.05) is 43.3 Å². The minimum atomic E-state index is -0.592. The number of aryl methyl sites for hydroxylation is 1. The van der Waals surface area contributed by atoms with Gasteiger partial charge in [0.05, 0.1) is 23.9 Å². The zero-order valence-corrected chi connectivity index (χ0v) is 14.3. The lowest BCUT2D eigenvalue weighted by Gasteiger charge is -2.16. The average Bonchev–Trinajstić information content (AvgIpc) is 3.05. The second-order valence-electron chi connectivity index (χ2n) is 6.02. The fraction of sp³-hybridized carbons (Fsp3) is 0.158. The van der Waals surface area contributed by atoms with Crippen LogP contribution in [0.15, 0.2) is 41.4 Å². The number of anilines is 1. The topological polar surface area (TPSA) is 96.4 Å². The van der Waals surface area contributed by atoms with Gasteiger partial charge in [-0.25, -0.2) is 9.78 Å². The number of benzene rings is 2. The lowest BCUT2D eigenvalue weighted by molar-refractivity contribution is 0.1000. The largest absolute Gasteiger partial charge is 0.453 e. The lowest BCUT2D eigenvalue weighted by atomic mass is 9.92. The molecule has 3 aromatic rings. The first-order valence-electron chi connectivity index (χ1n) is 8.09. The summed E-state index contributed by atoms with van der Waals surface area (Å²) >= 11 is 0. The van der Waals surface area contributed by atoms with Crippen molar-refractivity contribution in [2.24, 2.45) is 4.99 Å². The summed E-state index contributed by atoms with van der Waals surface area (Å²) in [5.74, 6) is 0.335. The molecule has 0 atom stereocenters. The number of amides is 1. The van der Waals surface area contributed by atoms with Crippen molar-refractivity contribution < 1.29 is 14.3 Å². The number of aliphatic imine (C=N–C) groups is 1. The zero-order chi connectivity index (χ0) is 18.3. The second kappa shape index (κ2) is 6.11. The van der Waals surface area contributed by atoms with Crippen LogP contribution in [-0.2, 0) is 4.74 Å². The first kappa shape index (κ1) is 16.0. The van der Waals surface area contributed by atoms with E-state index in [0.29, 0.717) is 11.5 Å². The SMILES string of the molecule is COC(=O)Nc1nc2c(C)cc(C3=NCC(=O)c4ccccc43)cc2[nH]1. The smallest absolute Gasteiger partial charge is 0.413 e. The van der Waals surface area contributed by atoms with Gasteiger partial charge in [-0.15, -0.1) is 0 Å². The molecule has 0 bridgehead atoms. The summed E-state index contributed by atoms with van der Waals surface area (Å²) < 4.78 is 4.59. The van der Waals surface area contributed by atoms with Crippen molar-refractivity contribution in [3.63, 3.8) is 0 Å². The molecular formula is C19H16N4O3. The van der Waals surface area contributed by atoms with Crippen LogP contribution in [0, 0.1) is 6.92 Å². The Labute approximate surface area is 149 Å². The van der Waals surface area contributed by atoms with Crippen molar-refractivity contribution in [3.05, 3.63) is 58.7 Å². The number of nitrogens with one attached hydrogen (secondary N) is 2. The van der Waals surface area contributed by atoms with Crippen LogP contribution in [0.2, 0.25) is 0 Å². The number of ketones is 1. The molecule has 1 aliphatic rings. The number of nitrogens with zero attached hydrogens (tertiary/aromatic N) is 2. The summed E-state index contributed by atoms with van der Waals surface area (Å²) in [5.41, 5.74) is 5.64. The van der Waals surface area contributed by atoms with E-state index >= 15 is 0 Å². The summed E-state index contributed by atoms with van der Waals surface area (Å²) in [7, 11) is 1.29. The molecule has 1 aliphatic heterocycles. The van der Waals surface area contributed by atoms with Gasteiger partial charge in [-0.1, -0.05) is 24.3 Å². The van der Waals surface area contributed by atoms with E-state index in [2.05, 4.69) is 25.0 Å². The van der Waals surface area contributed by atoms with Crippen LogP contribution >= 0.6 is 0 Å². The molecule has 2 heterocycles. The lowest BCUT2D eigenvalue weighted by Crippen LogP contribution is -2.19. The number of ether oxygens (including phenoxy) is 1. The van der Waals surface area contributed by atoms with Gasteiger partial charge in [0, 0.05) is 16.7 Å². The van der Waals surface area contributed by atoms with Gasteiger partial charge < -0.3 is 9.72 Å². The molecule has 7 heteroatoms. The van der Waals surface area contributed by atoms with E-state index in [-0.39, 0.29) is 12.3 Å². The number of rotatable bonds is 2. The van der Waals surface area contributed by atoms with E-state index < -0.39 is 6.09 Å². The maximum Gasteiger partial charge on any atom is 0.413 e. The number of fused-ring (bicyclic) bond motifs is 2. The van der Waals surface area contributed by atoms with Gasteiger partial charge in [-0.05, 0) is 24.6 Å². The van der Waals surface area contributed by atoms with Crippen molar-refractivity contribution in [1.82, 2.24) is 9.97 Å². The van der Waals surface area contributed by atoms with Gasteiger partial charge in [-0.3, -0.25) is 15.1 Å². The number of methoxy groups -OCH3 is 1. The molecule has 0 fully saturated rings. The van der Waals surface area contributed by atoms with Gasteiger partial charge in [-0.2, -0.15) is 0 Å². The van der Waals surface area contributed by atoms with Gasteiger partial charge in [0.2, 0.25) is 5.95 Å². The molecule has 0 saturated heterocycles. The Morgan fingerprint density at radius 3 is 2.77 bits per heavy atom. The monoisotopic (exact) mass is 348 g/mol. The molecular weight excluding hydrogens is 332 g/mol. The standard InChI is InChI=1S/C19H16N4O3/c1-10-7-11(8-14-16(10)22-18(21-14)23-19(25)26-2)17-13-6-4-3-5-12(13)15(24)9-20-17/h3-8H,9H2,1-2H3,(H2,21,22,23,25). The Morgan fingerprint density at radius 1 is 1.23 bits per heavy atom. The van der Waals surface area contributed by atoms with Crippen molar-refractivity contribution in [2.45, 2.75) is 6.92 Å². The molecule has 4 rings (SSSR count). The van der Waals surface area contributed by atoms with Crippen LogP contribution in [0.3, 0.4) is 0 Å². The van der Waals surface area contributed by atoms with Crippen LogP contribution in [-0.4, -0.2) is 41.2 Å². The Kier molecular flexibility index (Phi) is 3.76. The Hall–Kier alpha value is -3.48. The molecule has 26 heavy (non-hydrogen) atoms. The van der Waals surface area contributed by atoms with Crippen LogP contribution in [0.4, 0.5) is 10.7 Å². The predicted molar refractivity (Wildman–Crippen MR) is 98.1 cm³/mol. The molecule has 1 aromatic heterocycles. The summed E-state index contributed by atoms with van der Waals surface area (Å²) in [6.45, 7) is 2.08. The van der Waals surface area contributed by atoms with Gasteiger partial charge >= 0.3 is 6.09 Å². The highest BCUT2D eigenvalue weighted by Gasteiger charge is 2.22. The number of hydrogen-bond acceptors (Lipinski definition) is 5. The van der Waals surface area contributed by atoms with E-state index in [1.54, 1.807) is 0 Å². The molecule has 0 radical (unpaired) electrons. The highest BCUT2D eigenvalue weighted by Crippen LogP contribution is 2.25.